The number of benzene rings is 3. The molecule has 0 aliphatic rings. The molecule has 7 heteroatoms. The molecule has 7 nitrogen and oxygen atoms in total. The molecule has 1 amide bonds. The number of aryl methyl sites for hydroxylation is 1. The Bertz CT molecular complexity index is 1110. The van der Waals surface area contributed by atoms with E-state index in [-0.39, 0.29) is 23.8 Å². The molecule has 0 saturated carbocycles. The van der Waals surface area contributed by atoms with Crippen molar-refractivity contribution in [3.8, 4) is 5.75 Å². The number of hydrogen-bond acceptors (Lipinski definition) is 5. The van der Waals surface area contributed by atoms with Crippen molar-refractivity contribution in [2.24, 2.45) is 0 Å². The fourth-order valence-corrected chi connectivity index (χ4v) is 3.40. The van der Waals surface area contributed by atoms with Crippen LogP contribution in [0, 0.1) is 24.0 Å². The zero-order valence-corrected chi connectivity index (χ0v) is 17.6. The number of nitrogens with zero attached hydrogens (tertiary/aromatic N) is 2. The normalized spacial score (nSPS) is 11.0. The number of carbonyl (C=O) groups is 1. The zero-order valence-electron chi connectivity index (χ0n) is 17.6. The summed E-state index contributed by atoms with van der Waals surface area (Å²) in [4.78, 5) is 25.3. The summed E-state index contributed by atoms with van der Waals surface area (Å²) in [6.45, 7) is 4.32. The Labute approximate surface area is 175 Å². The van der Waals surface area contributed by atoms with Gasteiger partial charge in [0.1, 0.15) is 11.4 Å². The van der Waals surface area contributed by atoms with Gasteiger partial charge in [0.25, 0.3) is 5.69 Å². The van der Waals surface area contributed by atoms with Gasteiger partial charge in [0.2, 0.25) is 5.91 Å². The molecule has 0 bridgehead atoms. The first-order valence-corrected chi connectivity index (χ1v) is 9.58. The molecule has 0 saturated heterocycles. The second-order valence-corrected chi connectivity index (χ2v) is 7.43. The van der Waals surface area contributed by atoms with Crippen LogP contribution in [0.15, 0.2) is 48.5 Å². The van der Waals surface area contributed by atoms with Gasteiger partial charge in [0.15, 0.2) is 0 Å². The summed E-state index contributed by atoms with van der Waals surface area (Å²) < 4.78 is 5.25. The van der Waals surface area contributed by atoms with Gasteiger partial charge in [0.05, 0.1) is 18.6 Å². The van der Waals surface area contributed by atoms with E-state index in [0.717, 1.165) is 27.6 Å². The van der Waals surface area contributed by atoms with Crippen LogP contribution in [-0.2, 0) is 11.3 Å². The summed E-state index contributed by atoms with van der Waals surface area (Å²) in [6, 6.07) is 15.1. The average molecular weight is 407 g/mol. The first-order valence-electron chi connectivity index (χ1n) is 9.58. The number of hydrogen-bond donors (Lipinski definition) is 1. The first kappa shape index (κ1) is 21.3. The molecule has 0 spiro atoms. The van der Waals surface area contributed by atoms with Gasteiger partial charge in [0, 0.05) is 12.6 Å². The molecule has 30 heavy (non-hydrogen) atoms. The Balaban J connectivity index is 1.69. The molecular formula is C23H25N3O4. The van der Waals surface area contributed by atoms with Gasteiger partial charge in [-0.1, -0.05) is 24.3 Å². The van der Waals surface area contributed by atoms with Crippen LogP contribution < -0.4 is 10.1 Å². The summed E-state index contributed by atoms with van der Waals surface area (Å²) >= 11 is 0. The molecule has 156 valence electrons. The van der Waals surface area contributed by atoms with Crippen molar-refractivity contribution in [2.45, 2.75) is 20.4 Å². The molecule has 3 aromatic carbocycles. The second kappa shape index (κ2) is 8.92. The van der Waals surface area contributed by atoms with E-state index in [9.17, 15) is 14.9 Å². The van der Waals surface area contributed by atoms with E-state index in [1.165, 1.54) is 6.07 Å². The van der Waals surface area contributed by atoms with Crippen molar-refractivity contribution in [1.82, 2.24) is 4.90 Å². The van der Waals surface area contributed by atoms with Gasteiger partial charge in [-0.15, -0.1) is 0 Å². The predicted molar refractivity (Wildman–Crippen MR) is 118 cm³/mol. The van der Waals surface area contributed by atoms with E-state index >= 15 is 0 Å². The van der Waals surface area contributed by atoms with Crippen molar-refractivity contribution in [3.63, 3.8) is 0 Å². The predicted octanol–water partition coefficient (Wildman–Crippen LogP) is 4.44. The number of nitro benzene ring substituents is 1. The summed E-state index contributed by atoms with van der Waals surface area (Å²) in [7, 11) is 3.48. The van der Waals surface area contributed by atoms with Crippen LogP contribution >= 0.6 is 0 Å². The molecule has 3 aromatic rings. The molecule has 3 rings (SSSR count). The Morgan fingerprint density at radius 1 is 1.10 bits per heavy atom. The lowest BCUT2D eigenvalue weighted by Gasteiger charge is -2.18. The van der Waals surface area contributed by atoms with Gasteiger partial charge >= 0.3 is 0 Å². The van der Waals surface area contributed by atoms with Crippen molar-refractivity contribution in [2.75, 3.05) is 26.0 Å². The summed E-state index contributed by atoms with van der Waals surface area (Å²) in [5.41, 5.74) is 2.82. The van der Waals surface area contributed by atoms with E-state index in [4.69, 9.17) is 4.74 Å². The van der Waals surface area contributed by atoms with Crippen molar-refractivity contribution >= 4 is 28.1 Å². The molecule has 0 fully saturated rings. The molecular weight excluding hydrogens is 382 g/mol. The van der Waals surface area contributed by atoms with E-state index in [1.807, 2.05) is 49.2 Å². The summed E-state index contributed by atoms with van der Waals surface area (Å²) in [6.07, 6.45) is 0. The third-order valence-corrected chi connectivity index (χ3v) is 5.15. The number of carbonyl (C=O) groups excluding carboxylic acids is 1. The van der Waals surface area contributed by atoms with Crippen molar-refractivity contribution in [1.29, 1.82) is 0 Å². The third kappa shape index (κ3) is 4.75. The number of nitrogens with one attached hydrogen (secondary N) is 1. The number of fused-ring (bicyclic) bond motifs is 1. The topological polar surface area (TPSA) is 84.7 Å². The highest BCUT2D eigenvalue weighted by molar-refractivity contribution is 5.95. The van der Waals surface area contributed by atoms with Crippen molar-refractivity contribution in [3.05, 3.63) is 75.3 Å². The quantitative estimate of drug-likeness (QED) is 0.462. The molecule has 0 atom stereocenters. The molecule has 0 heterocycles. The maximum atomic E-state index is 12.5. The van der Waals surface area contributed by atoms with Gasteiger partial charge < -0.3 is 10.1 Å². The summed E-state index contributed by atoms with van der Waals surface area (Å²) in [5.74, 6) is 0.518. The van der Waals surface area contributed by atoms with Gasteiger partial charge in [-0.2, -0.15) is 0 Å². The van der Waals surface area contributed by atoms with Crippen LogP contribution in [0.2, 0.25) is 0 Å². The van der Waals surface area contributed by atoms with Crippen LogP contribution in [0.3, 0.4) is 0 Å². The highest BCUT2D eigenvalue weighted by atomic mass is 16.6. The Morgan fingerprint density at radius 2 is 1.80 bits per heavy atom. The SMILES string of the molecule is COc1ccc2cc(CN(C)CC(=O)Nc3c([N+](=O)[O-])ccc(C)c3C)ccc2c1. The lowest BCUT2D eigenvalue weighted by atomic mass is 10.1. The molecule has 0 radical (unpaired) electrons. The molecule has 0 aromatic heterocycles. The van der Waals surface area contributed by atoms with Crippen LogP contribution in [0.4, 0.5) is 11.4 Å². The number of ether oxygens (including phenoxy) is 1. The Hall–Kier alpha value is -3.45. The monoisotopic (exact) mass is 407 g/mol. The fraction of sp³-hybridized carbons (Fsp3) is 0.261. The van der Waals surface area contributed by atoms with Crippen LogP contribution in [-0.4, -0.2) is 36.4 Å². The van der Waals surface area contributed by atoms with E-state index in [2.05, 4.69) is 11.4 Å². The molecule has 1 N–H and O–H groups in total. The summed E-state index contributed by atoms with van der Waals surface area (Å²) in [5, 5.41) is 16.2. The molecule has 0 aliphatic heterocycles. The fourth-order valence-electron chi connectivity index (χ4n) is 3.40. The van der Waals surface area contributed by atoms with E-state index in [0.29, 0.717) is 12.1 Å². The minimum atomic E-state index is -0.476. The van der Waals surface area contributed by atoms with Crippen LogP contribution in [0.1, 0.15) is 16.7 Å². The Morgan fingerprint density at radius 3 is 2.50 bits per heavy atom. The lowest BCUT2D eigenvalue weighted by Crippen LogP contribution is -2.30. The van der Waals surface area contributed by atoms with Gasteiger partial charge in [-0.05, 0) is 66.6 Å². The van der Waals surface area contributed by atoms with Crippen LogP contribution in [0.25, 0.3) is 10.8 Å². The zero-order chi connectivity index (χ0) is 21.8. The second-order valence-electron chi connectivity index (χ2n) is 7.43. The number of amides is 1. The number of likely N-dealkylation sites (N-methyl/N-ethyl adjacent to an activating group) is 1. The smallest absolute Gasteiger partial charge is 0.293 e. The molecule has 0 aliphatic carbocycles. The minimum Gasteiger partial charge on any atom is -0.497 e. The minimum absolute atomic E-state index is 0.0981. The van der Waals surface area contributed by atoms with E-state index < -0.39 is 4.92 Å². The van der Waals surface area contributed by atoms with Crippen LogP contribution in [0.5, 0.6) is 5.75 Å². The first-order chi connectivity index (χ1) is 14.3. The lowest BCUT2D eigenvalue weighted by molar-refractivity contribution is -0.384. The number of anilines is 1. The van der Waals surface area contributed by atoms with E-state index in [1.54, 1.807) is 20.1 Å². The highest BCUT2D eigenvalue weighted by Gasteiger charge is 2.20. The Kier molecular flexibility index (Phi) is 6.32. The van der Waals surface area contributed by atoms with Gasteiger partial charge in [-0.3, -0.25) is 19.8 Å². The standard InChI is InChI=1S/C23H25N3O4/c1-15-5-10-21(26(28)29)23(16(15)2)24-22(27)14-25(3)13-17-6-7-19-12-20(30-4)9-8-18(19)11-17/h5-12H,13-14H2,1-4H3,(H,24,27). The number of nitro groups is 1. The highest BCUT2D eigenvalue weighted by Crippen LogP contribution is 2.30. The third-order valence-electron chi connectivity index (χ3n) is 5.15. The maximum absolute atomic E-state index is 12.5. The molecule has 0 unspecified atom stereocenters. The maximum Gasteiger partial charge on any atom is 0.293 e. The average Bonchev–Trinajstić information content (AvgIpc) is 2.70. The largest absolute Gasteiger partial charge is 0.497 e. The number of rotatable bonds is 7. The van der Waals surface area contributed by atoms with Crippen molar-refractivity contribution < 1.29 is 14.5 Å². The van der Waals surface area contributed by atoms with Gasteiger partial charge in [-0.25, -0.2) is 0 Å². The number of methoxy groups -OCH3 is 1.